The Balaban J connectivity index is 1.71. The maximum atomic E-state index is 11.6. The molecule has 1 aliphatic carbocycles. The molecule has 1 aromatic rings. The summed E-state index contributed by atoms with van der Waals surface area (Å²) in [5.74, 6) is -0.0171. The first-order chi connectivity index (χ1) is 8.07. The summed E-state index contributed by atoms with van der Waals surface area (Å²) in [4.78, 5) is 11.6. The highest BCUT2D eigenvalue weighted by Crippen LogP contribution is 2.43. The zero-order valence-corrected chi connectivity index (χ0v) is 10.7. The van der Waals surface area contributed by atoms with Gasteiger partial charge < -0.3 is 10.6 Å². The van der Waals surface area contributed by atoms with Crippen molar-refractivity contribution in [3.63, 3.8) is 0 Å². The average molecular weight is 253 g/mol. The summed E-state index contributed by atoms with van der Waals surface area (Å²) in [6.07, 6.45) is 2.53. The molecule has 92 valence electrons. The Morgan fingerprint density at radius 2 is 2.00 bits per heavy atom. The van der Waals surface area contributed by atoms with Crippen LogP contribution in [0, 0.1) is 5.41 Å². The van der Waals surface area contributed by atoms with Crippen molar-refractivity contribution in [3.05, 3.63) is 29.3 Å². The molecular weight excluding hydrogens is 236 g/mol. The summed E-state index contributed by atoms with van der Waals surface area (Å²) in [7, 11) is 0. The molecule has 2 N–H and O–H groups in total. The first-order valence-electron chi connectivity index (χ1n) is 5.84. The van der Waals surface area contributed by atoms with Crippen molar-refractivity contribution in [2.75, 3.05) is 18.4 Å². The molecule has 0 spiro atoms. The lowest BCUT2D eigenvalue weighted by molar-refractivity contribution is -0.115. The topological polar surface area (TPSA) is 41.1 Å². The normalized spacial score (nSPS) is 16.6. The number of benzene rings is 1. The molecule has 3 nitrogen and oxygen atoms in total. The van der Waals surface area contributed by atoms with Gasteiger partial charge >= 0.3 is 0 Å². The predicted octanol–water partition coefficient (Wildman–Crippen LogP) is 2.67. The van der Waals surface area contributed by atoms with Gasteiger partial charge in [0.05, 0.1) is 6.54 Å². The van der Waals surface area contributed by atoms with Gasteiger partial charge in [0.15, 0.2) is 0 Å². The number of carbonyl (C=O) groups excluding carboxylic acids is 1. The third kappa shape index (κ3) is 4.02. The van der Waals surface area contributed by atoms with E-state index >= 15 is 0 Å². The average Bonchev–Trinajstić information content (AvgIpc) is 3.00. The molecule has 0 aliphatic heterocycles. The summed E-state index contributed by atoms with van der Waals surface area (Å²) in [6.45, 7) is 3.51. The highest BCUT2D eigenvalue weighted by atomic mass is 35.5. The fraction of sp³-hybridized carbons (Fsp3) is 0.462. The van der Waals surface area contributed by atoms with Gasteiger partial charge in [-0.3, -0.25) is 4.79 Å². The van der Waals surface area contributed by atoms with E-state index in [0.717, 1.165) is 12.2 Å². The second kappa shape index (κ2) is 5.07. The molecule has 1 amide bonds. The number of rotatable bonds is 5. The van der Waals surface area contributed by atoms with Gasteiger partial charge in [0.2, 0.25) is 5.91 Å². The van der Waals surface area contributed by atoms with Crippen molar-refractivity contribution in [2.45, 2.75) is 19.8 Å². The smallest absolute Gasteiger partial charge is 0.238 e. The second-order valence-electron chi connectivity index (χ2n) is 4.97. The van der Waals surface area contributed by atoms with E-state index in [1.54, 1.807) is 24.3 Å². The molecule has 0 aromatic heterocycles. The molecule has 17 heavy (non-hydrogen) atoms. The van der Waals surface area contributed by atoms with E-state index in [4.69, 9.17) is 11.6 Å². The molecule has 0 saturated heterocycles. The molecule has 2 rings (SSSR count). The zero-order chi connectivity index (χ0) is 12.3. The maximum absolute atomic E-state index is 11.6. The third-order valence-electron chi connectivity index (χ3n) is 3.07. The van der Waals surface area contributed by atoms with Gasteiger partial charge in [-0.15, -0.1) is 0 Å². The molecule has 0 unspecified atom stereocenters. The molecule has 0 radical (unpaired) electrons. The van der Waals surface area contributed by atoms with Crippen LogP contribution < -0.4 is 10.6 Å². The number of anilines is 1. The lowest BCUT2D eigenvalue weighted by Gasteiger charge is -2.10. The Morgan fingerprint density at radius 1 is 1.35 bits per heavy atom. The maximum Gasteiger partial charge on any atom is 0.238 e. The first kappa shape index (κ1) is 12.4. The van der Waals surface area contributed by atoms with E-state index in [1.807, 2.05) is 0 Å². The van der Waals surface area contributed by atoms with Gasteiger partial charge in [-0.25, -0.2) is 0 Å². The number of amides is 1. The molecular formula is C13H17ClN2O. The van der Waals surface area contributed by atoms with Crippen LogP contribution in [0.5, 0.6) is 0 Å². The van der Waals surface area contributed by atoms with Gasteiger partial charge in [0, 0.05) is 17.3 Å². The number of nitrogens with one attached hydrogen (secondary N) is 2. The van der Waals surface area contributed by atoms with E-state index in [-0.39, 0.29) is 5.91 Å². The summed E-state index contributed by atoms with van der Waals surface area (Å²) < 4.78 is 0. The first-order valence-corrected chi connectivity index (χ1v) is 6.21. The number of carbonyl (C=O) groups is 1. The van der Waals surface area contributed by atoms with E-state index in [2.05, 4.69) is 17.6 Å². The van der Waals surface area contributed by atoms with Gasteiger partial charge in [-0.05, 0) is 42.5 Å². The summed E-state index contributed by atoms with van der Waals surface area (Å²) >= 11 is 5.76. The Hall–Kier alpha value is -1.06. The number of hydrogen-bond donors (Lipinski definition) is 2. The molecule has 1 aromatic carbocycles. The van der Waals surface area contributed by atoms with E-state index in [1.165, 1.54) is 12.8 Å². The SMILES string of the molecule is CC1(CNCC(=O)Nc2ccc(Cl)cc2)CC1. The van der Waals surface area contributed by atoms with Crippen LogP contribution in [-0.2, 0) is 4.79 Å². The molecule has 0 heterocycles. The molecule has 1 aliphatic rings. The van der Waals surface area contributed by atoms with Crippen molar-refractivity contribution in [1.82, 2.24) is 5.32 Å². The Bertz CT molecular complexity index is 398. The second-order valence-corrected chi connectivity index (χ2v) is 5.41. The van der Waals surface area contributed by atoms with Crippen LogP contribution in [0.15, 0.2) is 24.3 Å². The van der Waals surface area contributed by atoms with Gasteiger partial charge in [0.1, 0.15) is 0 Å². The van der Waals surface area contributed by atoms with Gasteiger partial charge in [0.25, 0.3) is 0 Å². The zero-order valence-electron chi connectivity index (χ0n) is 9.92. The van der Waals surface area contributed by atoms with E-state index in [0.29, 0.717) is 17.0 Å². The highest BCUT2D eigenvalue weighted by molar-refractivity contribution is 6.30. The summed E-state index contributed by atoms with van der Waals surface area (Å²) in [5, 5.41) is 6.67. The minimum Gasteiger partial charge on any atom is -0.325 e. The molecule has 1 saturated carbocycles. The van der Waals surface area contributed by atoms with E-state index in [9.17, 15) is 4.79 Å². The molecule has 4 heteroatoms. The Labute approximate surface area is 107 Å². The molecule has 0 bridgehead atoms. The van der Waals surface area contributed by atoms with Crippen LogP contribution in [0.3, 0.4) is 0 Å². The van der Waals surface area contributed by atoms with Crippen molar-refractivity contribution in [3.8, 4) is 0 Å². The van der Waals surface area contributed by atoms with Crippen molar-refractivity contribution < 1.29 is 4.79 Å². The van der Waals surface area contributed by atoms with E-state index < -0.39 is 0 Å². The van der Waals surface area contributed by atoms with Gasteiger partial charge in [-0.1, -0.05) is 18.5 Å². The monoisotopic (exact) mass is 252 g/mol. The van der Waals surface area contributed by atoms with Crippen molar-refractivity contribution >= 4 is 23.2 Å². The summed E-state index contributed by atoms with van der Waals surface area (Å²) in [5.41, 5.74) is 1.21. The quantitative estimate of drug-likeness (QED) is 0.846. The molecule has 0 atom stereocenters. The van der Waals surface area contributed by atoms with Gasteiger partial charge in [-0.2, -0.15) is 0 Å². The summed E-state index contributed by atoms with van der Waals surface area (Å²) in [6, 6.07) is 7.11. The largest absolute Gasteiger partial charge is 0.325 e. The minimum atomic E-state index is -0.0171. The standard InChI is InChI=1S/C13H17ClN2O/c1-13(6-7-13)9-15-8-12(17)16-11-4-2-10(14)3-5-11/h2-5,15H,6-9H2,1H3,(H,16,17). The Morgan fingerprint density at radius 3 is 2.59 bits per heavy atom. The van der Waals surface area contributed by atoms with Crippen LogP contribution in [0.2, 0.25) is 5.02 Å². The lowest BCUT2D eigenvalue weighted by atomic mass is 10.1. The predicted molar refractivity (Wildman–Crippen MR) is 70.3 cm³/mol. The number of hydrogen-bond acceptors (Lipinski definition) is 2. The van der Waals surface area contributed by atoms with Crippen LogP contribution in [0.1, 0.15) is 19.8 Å². The van der Waals surface area contributed by atoms with Crippen LogP contribution in [0.4, 0.5) is 5.69 Å². The lowest BCUT2D eigenvalue weighted by Crippen LogP contribution is -2.31. The highest BCUT2D eigenvalue weighted by Gasteiger charge is 2.36. The fourth-order valence-corrected chi connectivity index (χ4v) is 1.73. The van der Waals surface area contributed by atoms with Crippen LogP contribution in [0.25, 0.3) is 0 Å². The Kier molecular flexibility index (Phi) is 3.69. The van der Waals surface area contributed by atoms with Crippen LogP contribution in [-0.4, -0.2) is 19.0 Å². The minimum absolute atomic E-state index is 0.0171. The fourth-order valence-electron chi connectivity index (χ4n) is 1.61. The number of halogens is 1. The molecule has 1 fully saturated rings. The van der Waals surface area contributed by atoms with Crippen LogP contribution >= 0.6 is 11.6 Å². The van der Waals surface area contributed by atoms with Crippen molar-refractivity contribution in [1.29, 1.82) is 0 Å². The van der Waals surface area contributed by atoms with Crippen molar-refractivity contribution in [2.24, 2.45) is 5.41 Å². The third-order valence-corrected chi connectivity index (χ3v) is 3.32.